The van der Waals surface area contributed by atoms with Gasteiger partial charge < -0.3 is 14.7 Å². The van der Waals surface area contributed by atoms with Crippen LogP contribution < -0.4 is 5.32 Å². The first-order chi connectivity index (χ1) is 7.17. The van der Waals surface area contributed by atoms with Crippen molar-refractivity contribution in [3.8, 4) is 0 Å². The Hall–Kier alpha value is -1.52. The maximum absolute atomic E-state index is 11.5. The average Bonchev–Trinajstić information content (AvgIpc) is 2.63. The Bertz CT molecular complexity index is 318. The second-order valence-corrected chi connectivity index (χ2v) is 3.27. The van der Waals surface area contributed by atoms with Crippen molar-refractivity contribution < 1.29 is 9.32 Å². The quantitative estimate of drug-likeness (QED) is 0.821. The van der Waals surface area contributed by atoms with Crippen molar-refractivity contribution in [3.63, 3.8) is 0 Å². The van der Waals surface area contributed by atoms with Gasteiger partial charge in [-0.05, 0) is 20.8 Å². The fraction of sp³-hybridized carbons (Fsp3) is 0.600. The number of nitrogens with zero attached hydrogens (tertiary/aromatic N) is 2. The molecule has 0 aliphatic rings. The van der Waals surface area contributed by atoms with Gasteiger partial charge in [-0.3, -0.25) is 0 Å². The van der Waals surface area contributed by atoms with E-state index in [0.717, 1.165) is 5.69 Å². The summed E-state index contributed by atoms with van der Waals surface area (Å²) in [5.74, 6) is 0.674. The molecule has 1 aromatic rings. The van der Waals surface area contributed by atoms with Gasteiger partial charge in [-0.15, -0.1) is 0 Å². The van der Waals surface area contributed by atoms with Crippen LogP contribution in [0.3, 0.4) is 0 Å². The Labute approximate surface area is 89.4 Å². The van der Waals surface area contributed by atoms with Crippen LogP contribution >= 0.6 is 0 Å². The first-order valence-corrected chi connectivity index (χ1v) is 5.12. The number of hydrogen-bond acceptors (Lipinski definition) is 3. The first kappa shape index (κ1) is 11.6. The van der Waals surface area contributed by atoms with E-state index in [2.05, 4.69) is 10.5 Å². The normalized spacial score (nSPS) is 10.1. The second-order valence-electron chi connectivity index (χ2n) is 3.27. The molecular weight excluding hydrogens is 194 g/mol. The van der Waals surface area contributed by atoms with Gasteiger partial charge in [0.25, 0.3) is 0 Å². The van der Waals surface area contributed by atoms with Crippen molar-refractivity contribution >= 4 is 6.03 Å². The van der Waals surface area contributed by atoms with Gasteiger partial charge in [0, 0.05) is 19.2 Å². The molecule has 0 atom stereocenters. The molecule has 0 spiro atoms. The van der Waals surface area contributed by atoms with E-state index in [1.165, 1.54) is 0 Å². The Morgan fingerprint density at radius 3 is 2.67 bits per heavy atom. The van der Waals surface area contributed by atoms with E-state index < -0.39 is 0 Å². The molecule has 5 nitrogen and oxygen atoms in total. The van der Waals surface area contributed by atoms with E-state index in [1.54, 1.807) is 4.90 Å². The lowest BCUT2D eigenvalue weighted by molar-refractivity contribution is 0.201. The van der Waals surface area contributed by atoms with Gasteiger partial charge in [0.05, 0.1) is 12.2 Å². The van der Waals surface area contributed by atoms with E-state index in [-0.39, 0.29) is 6.03 Å². The van der Waals surface area contributed by atoms with Crippen molar-refractivity contribution in [2.45, 2.75) is 27.3 Å². The Kier molecular flexibility index (Phi) is 4.15. The highest BCUT2D eigenvalue weighted by Crippen LogP contribution is 2.01. The highest BCUT2D eigenvalue weighted by atomic mass is 16.5. The van der Waals surface area contributed by atoms with Crippen LogP contribution in [0.25, 0.3) is 0 Å². The monoisotopic (exact) mass is 211 g/mol. The highest BCUT2D eigenvalue weighted by Gasteiger charge is 2.09. The molecule has 0 bridgehead atoms. The van der Waals surface area contributed by atoms with Crippen LogP contribution in [0.15, 0.2) is 10.6 Å². The second kappa shape index (κ2) is 5.38. The molecule has 0 aliphatic heterocycles. The number of aromatic nitrogens is 1. The maximum atomic E-state index is 11.5. The molecule has 0 unspecified atom stereocenters. The summed E-state index contributed by atoms with van der Waals surface area (Å²) in [6, 6.07) is 1.73. The fourth-order valence-corrected chi connectivity index (χ4v) is 1.28. The number of rotatable bonds is 4. The predicted octanol–water partition coefficient (Wildman–Crippen LogP) is 1.53. The van der Waals surface area contributed by atoms with Gasteiger partial charge in [0.1, 0.15) is 0 Å². The minimum absolute atomic E-state index is 0.0750. The van der Waals surface area contributed by atoms with Gasteiger partial charge in [-0.25, -0.2) is 4.79 Å². The summed E-state index contributed by atoms with van der Waals surface area (Å²) < 4.78 is 4.98. The molecule has 0 saturated heterocycles. The molecule has 2 amide bonds. The molecule has 1 heterocycles. The summed E-state index contributed by atoms with van der Waals surface area (Å²) in [5.41, 5.74) is 0.821. The van der Waals surface area contributed by atoms with E-state index in [9.17, 15) is 4.79 Å². The molecule has 1 N–H and O–H groups in total. The van der Waals surface area contributed by atoms with Crippen LogP contribution in [0.1, 0.15) is 25.3 Å². The highest BCUT2D eigenvalue weighted by molar-refractivity contribution is 5.73. The Morgan fingerprint density at radius 2 is 2.20 bits per heavy atom. The van der Waals surface area contributed by atoms with Gasteiger partial charge in [-0.1, -0.05) is 5.16 Å². The number of urea groups is 1. The number of nitrogens with one attached hydrogen (secondary N) is 1. The lowest BCUT2D eigenvalue weighted by atomic mass is 10.4. The summed E-state index contributed by atoms with van der Waals surface area (Å²) in [5, 5.41) is 6.51. The number of amides is 2. The van der Waals surface area contributed by atoms with Gasteiger partial charge in [-0.2, -0.15) is 0 Å². The lowest BCUT2D eigenvalue weighted by Crippen LogP contribution is -2.39. The van der Waals surface area contributed by atoms with Gasteiger partial charge in [0.15, 0.2) is 5.76 Å². The zero-order valence-electron chi connectivity index (χ0n) is 9.41. The van der Waals surface area contributed by atoms with E-state index >= 15 is 0 Å². The van der Waals surface area contributed by atoms with Gasteiger partial charge >= 0.3 is 6.03 Å². The van der Waals surface area contributed by atoms with Crippen molar-refractivity contribution in [1.29, 1.82) is 0 Å². The summed E-state index contributed by atoms with van der Waals surface area (Å²) in [4.78, 5) is 13.2. The van der Waals surface area contributed by atoms with Crippen LogP contribution in [0, 0.1) is 6.92 Å². The largest absolute Gasteiger partial charge is 0.359 e. The molecule has 1 aromatic heterocycles. The molecular formula is C10H17N3O2. The van der Waals surface area contributed by atoms with E-state index in [4.69, 9.17) is 4.52 Å². The molecule has 1 rings (SSSR count). The van der Waals surface area contributed by atoms with Crippen LogP contribution in [-0.4, -0.2) is 29.2 Å². The number of aryl methyl sites for hydroxylation is 1. The third kappa shape index (κ3) is 3.27. The van der Waals surface area contributed by atoms with Crippen LogP contribution in [0.2, 0.25) is 0 Å². The summed E-state index contributed by atoms with van der Waals surface area (Å²) in [7, 11) is 0. The number of carbonyl (C=O) groups is 1. The third-order valence-corrected chi connectivity index (χ3v) is 2.14. The average molecular weight is 211 g/mol. The molecule has 15 heavy (non-hydrogen) atoms. The zero-order chi connectivity index (χ0) is 11.3. The standard InChI is InChI=1S/C10H17N3O2/c1-4-13(5-2)10(14)11-7-9-6-8(3)12-15-9/h6H,4-5,7H2,1-3H3,(H,11,14). The molecule has 0 fully saturated rings. The Morgan fingerprint density at radius 1 is 1.53 bits per heavy atom. The summed E-state index contributed by atoms with van der Waals surface area (Å²) in [6.07, 6.45) is 0. The first-order valence-electron chi connectivity index (χ1n) is 5.12. The predicted molar refractivity (Wildman–Crippen MR) is 56.4 cm³/mol. The third-order valence-electron chi connectivity index (χ3n) is 2.14. The lowest BCUT2D eigenvalue weighted by Gasteiger charge is -2.18. The van der Waals surface area contributed by atoms with Crippen LogP contribution in [-0.2, 0) is 6.54 Å². The minimum atomic E-state index is -0.0750. The number of hydrogen-bond donors (Lipinski definition) is 1. The summed E-state index contributed by atoms with van der Waals surface area (Å²) in [6.45, 7) is 7.54. The smallest absolute Gasteiger partial charge is 0.317 e. The van der Waals surface area contributed by atoms with E-state index in [1.807, 2.05) is 26.8 Å². The summed E-state index contributed by atoms with van der Waals surface area (Å²) >= 11 is 0. The number of carbonyl (C=O) groups excluding carboxylic acids is 1. The molecule has 5 heteroatoms. The van der Waals surface area contributed by atoms with E-state index in [0.29, 0.717) is 25.4 Å². The maximum Gasteiger partial charge on any atom is 0.317 e. The topological polar surface area (TPSA) is 58.4 Å². The Balaban J connectivity index is 2.40. The minimum Gasteiger partial charge on any atom is -0.359 e. The molecule has 0 aliphatic carbocycles. The van der Waals surface area contributed by atoms with Gasteiger partial charge in [0.2, 0.25) is 0 Å². The van der Waals surface area contributed by atoms with Crippen molar-refractivity contribution in [2.75, 3.05) is 13.1 Å². The zero-order valence-corrected chi connectivity index (χ0v) is 9.41. The molecule has 0 aromatic carbocycles. The van der Waals surface area contributed by atoms with Crippen molar-refractivity contribution in [2.24, 2.45) is 0 Å². The molecule has 0 saturated carbocycles. The fourth-order valence-electron chi connectivity index (χ4n) is 1.28. The molecule has 0 radical (unpaired) electrons. The molecule has 84 valence electrons. The van der Waals surface area contributed by atoms with Crippen molar-refractivity contribution in [3.05, 3.63) is 17.5 Å². The van der Waals surface area contributed by atoms with Crippen LogP contribution in [0.5, 0.6) is 0 Å². The van der Waals surface area contributed by atoms with Crippen LogP contribution in [0.4, 0.5) is 4.79 Å². The van der Waals surface area contributed by atoms with Crippen molar-refractivity contribution in [1.82, 2.24) is 15.4 Å². The SMILES string of the molecule is CCN(CC)C(=O)NCc1cc(C)no1.